The minimum Gasteiger partial charge on any atom is -0.306 e. The average molecular weight is 277 g/mol. The Bertz CT molecular complexity index is 390. The Kier molecular flexibility index (Phi) is 5.40. The van der Waals surface area contributed by atoms with Crippen molar-refractivity contribution in [3.8, 4) is 0 Å². The SMILES string of the molecule is CC.Cc1cc(C(F)(F)F)nn1C1CCN(C)CC1. The van der Waals surface area contributed by atoms with Gasteiger partial charge in [-0.05, 0) is 46.0 Å². The Hall–Kier alpha value is -1.04. The monoisotopic (exact) mass is 277 g/mol. The van der Waals surface area contributed by atoms with Crippen LogP contribution in [0.15, 0.2) is 6.07 Å². The lowest BCUT2D eigenvalue weighted by Crippen LogP contribution is -2.32. The van der Waals surface area contributed by atoms with Crippen molar-refractivity contribution in [2.24, 2.45) is 0 Å². The van der Waals surface area contributed by atoms with Crippen LogP contribution >= 0.6 is 0 Å². The molecule has 0 N–H and O–H groups in total. The number of hydrogen-bond donors (Lipinski definition) is 0. The molecule has 1 aliphatic heterocycles. The molecule has 3 nitrogen and oxygen atoms in total. The Balaban J connectivity index is 0.000000861. The van der Waals surface area contributed by atoms with Gasteiger partial charge in [0.05, 0.1) is 6.04 Å². The molecule has 1 fully saturated rings. The number of piperidine rings is 1. The smallest absolute Gasteiger partial charge is 0.306 e. The quantitative estimate of drug-likeness (QED) is 0.783. The summed E-state index contributed by atoms with van der Waals surface area (Å²) in [5.41, 5.74) is -0.194. The second-order valence-electron chi connectivity index (χ2n) is 4.65. The Morgan fingerprint density at radius 2 is 1.74 bits per heavy atom. The third-order valence-electron chi connectivity index (χ3n) is 3.25. The van der Waals surface area contributed by atoms with Crippen LogP contribution in [0.25, 0.3) is 0 Å². The molecular weight excluding hydrogens is 255 g/mol. The molecule has 1 aromatic heterocycles. The van der Waals surface area contributed by atoms with Crippen molar-refractivity contribution < 1.29 is 13.2 Å². The van der Waals surface area contributed by atoms with E-state index in [0.29, 0.717) is 5.69 Å². The number of nitrogens with zero attached hydrogens (tertiary/aromatic N) is 3. The van der Waals surface area contributed by atoms with Gasteiger partial charge in [-0.3, -0.25) is 4.68 Å². The largest absolute Gasteiger partial charge is 0.435 e. The Labute approximate surface area is 112 Å². The van der Waals surface area contributed by atoms with Crippen molar-refractivity contribution >= 4 is 0 Å². The highest BCUT2D eigenvalue weighted by atomic mass is 19.4. The number of aromatic nitrogens is 2. The molecule has 0 amide bonds. The first-order valence-electron chi connectivity index (χ1n) is 6.70. The lowest BCUT2D eigenvalue weighted by atomic mass is 10.1. The number of alkyl halides is 3. The first kappa shape index (κ1) is 16.0. The Morgan fingerprint density at radius 1 is 1.21 bits per heavy atom. The molecular formula is C13H22F3N3. The molecule has 2 rings (SSSR count). The van der Waals surface area contributed by atoms with Gasteiger partial charge in [0.1, 0.15) is 0 Å². The van der Waals surface area contributed by atoms with Crippen LogP contribution in [-0.4, -0.2) is 34.8 Å². The highest BCUT2D eigenvalue weighted by Crippen LogP contribution is 2.31. The molecule has 0 aromatic carbocycles. The van der Waals surface area contributed by atoms with Gasteiger partial charge in [0.2, 0.25) is 0 Å². The lowest BCUT2D eigenvalue weighted by Gasteiger charge is -2.29. The highest BCUT2D eigenvalue weighted by molar-refractivity contribution is 5.12. The number of likely N-dealkylation sites (tertiary alicyclic amines) is 1. The van der Waals surface area contributed by atoms with Crippen molar-refractivity contribution in [3.63, 3.8) is 0 Å². The van der Waals surface area contributed by atoms with E-state index in [2.05, 4.69) is 10.00 Å². The summed E-state index contributed by atoms with van der Waals surface area (Å²) < 4.78 is 39.1. The summed E-state index contributed by atoms with van der Waals surface area (Å²) in [6.07, 6.45) is -2.63. The van der Waals surface area contributed by atoms with Gasteiger partial charge in [0.15, 0.2) is 5.69 Å². The molecule has 110 valence electrons. The minimum absolute atomic E-state index is 0.0994. The number of hydrogen-bond acceptors (Lipinski definition) is 2. The van der Waals surface area contributed by atoms with Crippen molar-refractivity contribution in [2.75, 3.05) is 20.1 Å². The van der Waals surface area contributed by atoms with Crippen LogP contribution in [0.5, 0.6) is 0 Å². The predicted octanol–water partition coefficient (Wildman–Crippen LogP) is 3.50. The molecule has 19 heavy (non-hydrogen) atoms. The summed E-state index contributed by atoms with van der Waals surface area (Å²) >= 11 is 0. The van der Waals surface area contributed by atoms with Gasteiger partial charge in [0.25, 0.3) is 0 Å². The van der Waals surface area contributed by atoms with Gasteiger partial charge in [-0.25, -0.2) is 0 Å². The van der Waals surface area contributed by atoms with E-state index in [-0.39, 0.29) is 6.04 Å². The summed E-state index contributed by atoms with van der Waals surface area (Å²) in [5.74, 6) is 0. The van der Waals surface area contributed by atoms with Gasteiger partial charge >= 0.3 is 6.18 Å². The fourth-order valence-electron chi connectivity index (χ4n) is 2.24. The molecule has 2 heterocycles. The molecule has 0 saturated carbocycles. The zero-order chi connectivity index (χ0) is 14.6. The topological polar surface area (TPSA) is 21.1 Å². The van der Waals surface area contributed by atoms with Crippen LogP contribution in [0.4, 0.5) is 13.2 Å². The van der Waals surface area contributed by atoms with Crippen LogP contribution in [0.3, 0.4) is 0 Å². The van der Waals surface area contributed by atoms with Gasteiger partial charge in [-0.15, -0.1) is 0 Å². The van der Waals surface area contributed by atoms with E-state index in [0.717, 1.165) is 32.0 Å². The van der Waals surface area contributed by atoms with E-state index in [4.69, 9.17) is 0 Å². The zero-order valence-corrected chi connectivity index (χ0v) is 12.0. The normalized spacial score (nSPS) is 18.1. The standard InChI is InChI=1S/C11H16F3N3.C2H6/c1-8-7-10(11(12,13)14)15-17(8)9-3-5-16(2)6-4-9;1-2/h7,9H,3-6H2,1-2H3;1-2H3. The summed E-state index contributed by atoms with van der Waals surface area (Å²) in [6, 6.07) is 1.22. The van der Waals surface area contributed by atoms with E-state index in [1.807, 2.05) is 20.9 Å². The first-order valence-corrected chi connectivity index (χ1v) is 6.70. The van der Waals surface area contributed by atoms with Crippen molar-refractivity contribution in [2.45, 2.75) is 45.8 Å². The van der Waals surface area contributed by atoms with Crippen LogP contribution in [-0.2, 0) is 6.18 Å². The number of halogens is 3. The summed E-state index contributed by atoms with van der Waals surface area (Å²) in [7, 11) is 2.02. The van der Waals surface area contributed by atoms with Crippen LogP contribution in [0.1, 0.15) is 44.1 Å². The predicted molar refractivity (Wildman–Crippen MR) is 69.1 cm³/mol. The Morgan fingerprint density at radius 3 is 2.16 bits per heavy atom. The average Bonchev–Trinajstić information content (AvgIpc) is 2.75. The molecule has 6 heteroatoms. The van der Waals surface area contributed by atoms with E-state index in [1.54, 1.807) is 6.92 Å². The first-order chi connectivity index (χ1) is 8.88. The van der Waals surface area contributed by atoms with Gasteiger partial charge in [0, 0.05) is 5.69 Å². The molecule has 0 aliphatic carbocycles. The minimum atomic E-state index is -4.35. The van der Waals surface area contributed by atoms with E-state index >= 15 is 0 Å². The van der Waals surface area contributed by atoms with Crippen molar-refractivity contribution in [1.29, 1.82) is 0 Å². The van der Waals surface area contributed by atoms with E-state index < -0.39 is 11.9 Å². The van der Waals surface area contributed by atoms with Gasteiger partial charge in [-0.2, -0.15) is 18.3 Å². The number of aryl methyl sites for hydroxylation is 1. The molecule has 0 atom stereocenters. The van der Waals surface area contributed by atoms with Crippen LogP contribution < -0.4 is 0 Å². The van der Waals surface area contributed by atoms with E-state index in [1.165, 1.54) is 4.68 Å². The molecule has 0 unspecified atom stereocenters. The van der Waals surface area contributed by atoms with E-state index in [9.17, 15) is 13.2 Å². The third kappa shape index (κ3) is 3.96. The van der Waals surface area contributed by atoms with Crippen molar-refractivity contribution in [1.82, 2.24) is 14.7 Å². The summed E-state index contributed by atoms with van der Waals surface area (Å²) in [6.45, 7) is 7.50. The fraction of sp³-hybridized carbons (Fsp3) is 0.769. The van der Waals surface area contributed by atoms with Crippen LogP contribution in [0.2, 0.25) is 0 Å². The summed E-state index contributed by atoms with van der Waals surface area (Å²) in [4.78, 5) is 2.18. The molecule has 0 radical (unpaired) electrons. The zero-order valence-electron chi connectivity index (χ0n) is 12.0. The van der Waals surface area contributed by atoms with Gasteiger partial charge in [-0.1, -0.05) is 13.8 Å². The van der Waals surface area contributed by atoms with Crippen LogP contribution in [0, 0.1) is 6.92 Å². The highest BCUT2D eigenvalue weighted by Gasteiger charge is 2.35. The molecule has 1 aliphatic rings. The molecule has 0 spiro atoms. The van der Waals surface area contributed by atoms with Gasteiger partial charge < -0.3 is 4.90 Å². The fourth-order valence-corrected chi connectivity index (χ4v) is 2.24. The summed E-state index contributed by atoms with van der Waals surface area (Å²) in [5, 5.41) is 3.70. The second-order valence-corrected chi connectivity index (χ2v) is 4.65. The maximum atomic E-state index is 12.5. The number of rotatable bonds is 1. The second kappa shape index (κ2) is 6.41. The maximum Gasteiger partial charge on any atom is 0.435 e. The third-order valence-corrected chi connectivity index (χ3v) is 3.25. The lowest BCUT2D eigenvalue weighted by molar-refractivity contribution is -0.141. The molecule has 1 saturated heterocycles. The molecule has 0 bridgehead atoms. The molecule has 1 aromatic rings. The van der Waals surface area contributed by atoms with Crippen molar-refractivity contribution in [3.05, 3.63) is 17.5 Å². The maximum absolute atomic E-state index is 12.5.